The van der Waals surface area contributed by atoms with Gasteiger partial charge in [-0.2, -0.15) is 0 Å². The van der Waals surface area contributed by atoms with E-state index in [0.29, 0.717) is 6.42 Å². The van der Waals surface area contributed by atoms with E-state index in [1.807, 2.05) is 30.3 Å². The highest BCUT2D eigenvalue weighted by Gasteiger charge is 2.15. The largest absolute Gasteiger partial charge is 0.348 e. The molecule has 1 N–H and O–H groups in total. The van der Waals surface area contributed by atoms with Gasteiger partial charge in [0.1, 0.15) is 11.6 Å². The average Bonchev–Trinajstić information content (AvgIpc) is 2.46. The van der Waals surface area contributed by atoms with Crippen LogP contribution in [0.25, 0.3) is 0 Å². The van der Waals surface area contributed by atoms with E-state index < -0.39 is 17.5 Å². The number of halogens is 3. The lowest BCUT2D eigenvalue weighted by Crippen LogP contribution is -2.37. The molecule has 1 unspecified atom stereocenters. The minimum Gasteiger partial charge on any atom is -0.348 e. The van der Waals surface area contributed by atoms with Gasteiger partial charge >= 0.3 is 0 Å². The van der Waals surface area contributed by atoms with Gasteiger partial charge in [0.15, 0.2) is 0 Å². The first-order valence-corrected chi connectivity index (χ1v) is 6.99. The van der Waals surface area contributed by atoms with E-state index in [1.54, 1.807) is 0 Å². The Morgan fingerprint density at radius 3 is 2.29 bits per heavy atom. The van der Waals surface area contributed by atoms with E-state index in [4.69, 9.17) is 11.6 Å². The fraction of sp³-hybridized carbons (Fsp3) is 0.188. The molecule has 1 atom stereocenters. The van der Waals surface area contributed by atoms with Crippen LogP contribution in [-0.4, -0.2) is 17.8 Å². The molecule has 0 saturated carbocycles. The Balaban J connectivity index is 2.05. The molecule has 21 heavy (non-hydrogen) atoms. The second kappa shape index (κ2) is 7.18. The van der Waals surface area contributed by atoms with Gasteiger partial charge in [0.05, 0.1) is 0 Å². The normalized spacial score (nSPS) is 12.0. The number of hydrogen-bond donors (Lipinski definition) is 1. The molecule has 1 amide bonds. The lowest BCUT2D eigenvalue weighted by molar-refractivity contribution is 0.0939. The molecule has 0 spiro atoms. The van der Waals surface area contributed by atoms with Gasteiger partial charge in [-0.25, -0.2) is 8.78 Å². The van der Waals surface area contributed by atoms with Gasteiger partial charge < -0.3 is 5.32 Å². The first kappa shape index (κ1) is 15.4. The summed E-state index contributed by atoms with van der Waals surface area (Å²) < 4.78 is 26.2. The number of benzene rings is 2. The zero-order chi connectivity index (χ0) is 15.2. The summed E-state index contributed by atoms with van der Waals surface area (Å²) >= 11 is 5.85. The summed E-state index contributed by atoms with van der Waals surface area (Å²) in [5.41, 5.74) is 0.963. The number of nitrogens with one attached hydrogen (secondary N) is 1. The summed E-state index contributed by atoms with van der Waals surface area (Å²) in [6.45, 7) is 0. The van der Waals surface area contributed by atoms with Crippen LogP contribution in [-0.2, 0) is 6.42 Å². The number of alkyl halides is 1. The molecule has 110 valence electrons. The third kappa shape index (κ3) is 4.53. The molecule has 2 nitrogen and oxygen atoms in total. The summed E-state index contributed by atoms with van der Waals surface area (Å²) in [6, 6.07) is 11.9. The van der Waals surface area contributed by atoms with Crippen molar-refractivity contribution in [3.63, 3.8) is 0 Å². The second-order valence-electron chi connectivity index (χ2n) is 4.67. The zero-order valence-electron chi connectivity index (χ0n) is 11.2. The molecule has 2 aromatic carbocycles. The Hall–Kier alpha value is -1.94. The number of carbonyl (C=O) groups excluding carboxylic acids is 1. The Morgan fingerprint density at radius 1 is 1.10 bits per heavy atom. The Labute approximate surface area is 126 Å². The predicted octanol–water partition coefficient (Wildman–Crippen LogP) is 3.54. The summed E-state index contributed by atoms with van der Waals surface area (Å²) in [7, 11) is 0. The van der Waals surface area contributed by atoms with Gasteiger partial charge in [-0.15, -0.1) is 11.6 Å². The maximum Gasteiger partial charge on any atom is 0.251 e. The first-order valence-electron chi connectivity index (χ1n) is 6.45. The summed E-state index contributed by atoms with van der Waals surface area (Å²) in [5.74, 6) is -1.91. The smallest absolute Gasteiger partial charge is 0.251 e. The maximum atomic E-state index is 13.1. The monoisotopic (exact) mass is 309 g/mol. The van der Waals surface area contributed by atoms with Crippen molar-refractivity contribution in [1.29, 1.82) is 0 Å². The van der Waals surface area contributed by atoms with Crippen LogP contribution in [0.1, 0.15) is 15.9 Å². The molecule has 0 radical (unpaired) electrons. The van der Waals surface area contributed by atoms with Crippen molar-refractivity contribution in [1.82, 2.24) is 5.32 Å². The number of rotatable bonds is 5. The molecule has 0 heterocycles. The molecule has 5 heteroatoms. The van der Waals surface area contributed by atoms with Gasteiger partial charge in [-0.05, 0) is 24.1 Å². The Kier molecular flexibility index (Phi) is 5.28. The number of amides is 1. The van der Waals surface area contributed by atoms with Crippen molar-refractivity contribution in [2.75, 3.05) is 5.88 Å². The van der Waals surface area contributed by atoms with E-state index in [0.717, 1.165) is 23.8 Å². The zero-order valence-corrected chi connectivity index (χ0v) is 11.9. The third-order valence-corrected chi connectivity index (χ3v) is 3.34. The van der Waals surface area contributed by atoms with Crippen LogP contribution >= 0.6 is 11.6 Å². The van der Waals surface area contributed by atoms with Gasteiger partial charge in [-0.1, -0.05) is 30.3 Å². The highest BCUT2D eigenvalue weighted by molar-refractivity contribution is 6.18. The van der Waals surface area contributed by atoms with E-state index in [2.05, 4.69) is 5.32 Å². The minimum atomic E-state index is -0.786. The van der Waals surface area contributed by atoms with Gasteiger partial charge in [0.25, 0.3) is 5.91 Å². The number of hydrogen-bond acceptors (Lipinski definition) is 1. The molecule has 0 aromatic heterocycles. The second-order valence-corrected chi connectivity index (χ2v) is 4.98. The van der Waals surface area contributed by atoms with Crippen LogP contribution in [0.3, 0.4) is 0 Å². The van der Waals surface area contributed by atoms with Crippen molar-refractivity contribution in [2.24, 2.45) is 0 Å². The molecule has 0 fully saturated rings. The van der Waals surface area contributed by atoms with Crippen molar-refractivity contribution < 1.29 is 13.6 Å². The third-order valence-electron chi connectivity index (χ3n) is 2.97. The summed E-state index contributed by atoms with van der Waals surface area (Å²) in [5, 5.41) is 2.68. The molecule has 0 aliphatic carbocycles. The fourth-order valence-electron chi connectivity index (χ4n) is 2.00. The van der Waals surface area contributed by atoms with Crippen LogP contribution < -0.4 is 5.32 Å². The van der Waals surface area contributed by atoms with Crippen LogP contribution in [0.2, 0.25) is 0 Å². The van der Waals surface area contributed by atoms with Crippen LogP contribution in [0.15, 0.2) is 48.5 Å². The maximum absolute atomic E-state index is 13.1. The Morgan fingerprint density at radius 2 is 1.71 bits per heavy atom. The van der Waals surface area contributed by atoms with Crippen molar-refractivity contribution >= 4 is 17.5 Å². The molecular weight excluding hydrogens is 296 g/mol. The van der Waals surface area contributed by atoms with E-state index >= 15 is 0 Å². The minimum absolute atomic E-state index is 0.0596. The van der Waals surface area contributed by atoms with E-state index in [9.17, 15) is 13.6 Å². The van der Waals surface area contributed by atoms with Crippen molar-refractivity contribution in [3.05, 3.63) is 71.3 Å². The van der Waals surface area contributed by atoms with Gasteiger partial charge in [-0.3, -0.25) is 4.79 Å². The molecular formula is C16H14ClF2NO. The SMILES string of the molecule is O=C(NC(CCl)Cc1ccccc1)c1cc(F)cc(F)c1. The molecule has 2 aromatic rings. The van der Waals surface area contributed by atoms with E-state index in [-0.39, 0.29) is 17.5 Å². The first-order chi connectivity index (χ1) is 10.1. The Bertz CT molecular complexity index is 599. The van der Waals surface area contributed by atoms with Crippen LogP contribution in [0.4, 0.5) is 8.78 Å². The van der Waals surface area contributed by atoms with E-state index in [1.165, 1.54) is 0 Å². The van der Waals surface area contributed by atoms with Gasteiger partial charge in [0, 0.05) is 23.6 Å². The van der Waals surface area contributed by atoms with Crippen LogP contribution in [0, 0.1) is 11.6 Å². The quantitative estimate of drug-likeness (QED) is 0.841. The molecule has 0 aliphatic heterocycles. The predicted molar refractivity (Wildman–Crippen MR) is 78.5 cm³/mol. The summed E-state index contributed by atoms with van der Waals surface area (Å²) in [4.78, 5) is 12.0. The molecule has 0 aliphatic rings. The molecule has 0 bridgehead atoms. The molecule has 2 rings (SSSR count). The lowest BCUT2D eigenvalue weighted by atomic mass is 10.1. The standard InChI is InChI=1S/C16H14ClF2NO/c17-10-15(6-11-4-2-1-3-5-11)20-16(21)12-7-13(18)9-14(19)8-12/h1-5,7-9,15H,6,10H2,(H,20,21). The van der Waals surface area contributed by atoms with Crippen molar-refractivity contribution in [2.45, 2.75) is 12.5 Å². The topological polar surface area (TPSA) is 29.1 Å². The van der Waals surface area contributed by atoms with Crippen LogP contribution in [0.5, 0.6) is 0 Å². The summed E-state index contributed by atoms with van der Waals surface area (Å²) in [6.07, 6.45) is 0.549. The highest BCUT2D eigenvalue weighted by Crippen LogP contribution is 2.10. The van der Waals surface area contributed by atoms with Crippen molar-refractivity contribution in [3.8, 4) is 0 Å². The average molecular weight is 310 g/mol. The highest BCUT2D eigenvalue weighted by atomic mass is 35.5. The van der Waals surface area contributed by atoms with Gasteiger partial charge in [0.2, 0.25) is 0 Å². The molecule has 0 saturated heterocycles. The lowest BCUT2D eigenvalue weighted by Gasteiger charge is -2.16. The number of carbonyl (C=O) groups is 1. The fourth-order valence-corrected chi connectivity index (χ4v) is 2.18.